The van der Waals surface area contributed by atoms with Crippen LogP contribution in [0.3, 0.4) is 0 Å². The fourth-order valence-electron chi connectivity index (χ4n) is 2.66. The summed E-state index contributed by atoms with van der Waals surface area (Å²) < 4.78 is 0. The molecule has 0 saturated heterocycles. The summed E-state index contributed by atoms with van der Waals surface area (Å²) in [5.74, 6) is 0. The van der Waals surface area contributed by atoms with Crippen molar-refractivity contribution in [3.8, 4) is 11.1 Å². The van der Waals surface area contributed by atoms with Gasteiger partial charge in [0.05, 0.1) is 16.3 Å². The monoisotopic (exact) mass is 259 g/mol. The molecule has 0 bridgehead atoms. The van der Waals surface area contributed by atoms with E-state index in [-0.39, 0.29) is 0 Å². The van der Waals surface area contributed by atoms with Crippen LogP contribution in [0.1, 0.15) is 18.1 Å². The number of halogens is 1. The van der Waals surface area contributed by atoms with Crippen molar-refractivity contribution in [1.82, 2.24) is 0 Å². The van der Waals surface area contributed by atoms with Crippen LogP contribution in [-0.2, 0) is 12.0 Å². The maximum atomic E-state index is 10.2. The van der Waals surface area contributed by atoms with Gasteiger partial charge in [0.15, 0.2) is 0 Å². The highest BCUT2D eigenvalue weighted by atomic mass is 35.5. The molecule has 1 aliphatic rings. The van der Waals surface area contributed by atoms with Crippen LogP contribution in [0, 0.1) is 0 Å². The molecule has 0 saturated carbocycles. The van der Waals surface area contributed by atoms with Crippen molar-refractivity contribution in [2.75, 3.05) is 5.73 Å². The van der Waals surface area contributed by atoms with Crippen LogP contribution in [0.25, 0.3) is 11.1 Å². The van der Waals surface area contributed by atoms with E-state index in [0.717, 1.165) is 22.3 Å². The van der Waals surface area contributed by atoms with Crippen molar-refractivity contribution in [1.29, 1.82) is 0 Å². The molecule has 0 radical (unpaired) electrons. The number of nitrogens with two attached hydrogens (primary N) is 1. The highest BCUT2D eigenvalue weighted by Crippen LogP contribution is 2.49. The Balaban J connectivity index is 2.26. The average Bonchev–Trinajstić information content (AvgIpc) is 2.33. The van der Waals surface area contributed by atoms with E-state index in [1.165, 1.54) is 0 Å². The van der Waals surface area contributed by atoms with E-state index in [2.05, 4.69) is 0 Å². The van der Waals surface area contributed by atoms with Gasteiger partial charge < -0.3 is 10.8 Å². The van der Waals surface area contributed by atoms with Crippen LogP contribution < -0.4 is 5.73 Å². The Morgan fingerprint density at radius 3 is 2.56 bits per heavy atom. The first-order valence-electron chi connectivity index (χ1n) is 5.90. The third-order valence-electron chi connectivity index (χ3n) is 3.54. The SMILES string of the molecule is CC1(O)Cc2c(-c3ccccc3)cc(N)c(Cl)c21. The number of anilines is 1. The zero-order valence-corrected chi connectivity index (χ0v) is 10.8. The van der Waals surface area contributed by atoms with Crippen molar-refractivity contribution in [2.45, 2.75) is 18.9 Å². The molecule has 18 heavy (non-hydrogen) atoms. The van der Waals surface area contributed by atoms with Crippen LogP contribution in [-0.4, -0.2) is 5.11 Å². The van der Waals surface area contributed by atoms with E-state index < -0.39 is 5.60 Å². The number of aliphatic hydroxyl groups is 1. The molecule has 0 fully saturated rings. The highest BCUT2D eigenvalue weighted by Gasteiger charge is 2.41. The lowest BCUT2D eigenvalue weighted by molar-refractivity contribution is 0.0334. The predicted octanol–water partition coefficient (Wildman–Crippen LogP) is 3.35. The van der Waals surface area contributed by atoms with E-state index in [1.54, 1.807) is 6.92 Å². The van der Waals surface area contributed by atoms with E-state index in [9.17, 15) is 5.11 Å². The van der Waals surface area contributed by atoms with Crippen molar-refractivity contribution >= 4 is 17.3 Å². The fraction of sp³-hybridized carbons (Fsp3) is 0.200. The second-order valence-corrected chi connectivity index (χ2v) is 5.38. The molecular formula is C15H14ClNO. The summed E-state index contributed by atoms with van der Waals surface area (Å²) in [5, 5.41) is 10.7. The van der Waals surface area contributed by atoms with Gasteiger partial charge in [-0.25, -0.2) is 0 Å². The summed E-state index contributed by atoms with van der Waals surface area (Å²) in [7, 11) is 0. The third-order valence-corrected chi connectivity index (χ3v) is 3.95. The molecule has 0 heterocycles. The summed E-state index contributed by atoms with van der Waals surface area (Å²) in [4.78, 5) is 0. The Hall–Kier alpha value is -1.51. The molecule has 0 spiro atoms. The smallest absolute Gasteiger partial charge is 0.0927 e. The molecule has 0 aliphatic heterocycles. The molecule has 3 rings (SSSR count). The van der Waals surface area contributed by atoms with Gasteiger partial charge in [-0.15, -0.1) is 0 Å². The average molecular weight is 260 g/mol. The Labute approximate surface area is 111 Å². The molecule has 2 aromatic rings. The molecule has 1 unspecified atom stereocenters. The minimum atomic E-state index is -0.856. The van der Waals surface area contributed by atoms with Gasteiger partial charge in [-0.1, -0.05) is 41.9 Å². The first kappa shape index (κ1) is 11.6. The predicted molar refractivity (Wildman–Crippen MR) is 74.6 cm³/mol. The maximum Gasteiger partial charge on any atom is 0.0927 e. The molecule has 92 valence electrons. The topological polar surface area (TPSA) is 46.2 Å². The van der Waals surface area contributed by atoms with Crippen LogP contribution in [0.4, 0.5) is 5.69 Å². The summed E-state index contributed by atoms with van der Waals surface area (Å²) in [6, 6.07) is 11.9. The number of nitrogen functional groups attached to an aromatic ring is 1. The van der Waals surface area contributed by atoms with Gasteiger partial charge in [0.25, 0.3) is 0 Å². The molecule has 1 atom stereocenters. The first-order valence-corrected chi connectivity index (χ1v) is 6.27. The lowest BCUT2D eigenvalue weighted by atomic mass is 9.71. The standard InChI is InChI=1S/C15H14ClNO/c1-15(18)8-11-10(9-5-3-2-4-6-9)7-12(17)14(16)13(11)15/h2-7,18H,8,17H2,1H3. The Morgan fingerprint density at radius 1 is 1.28 bits per heavy atom. The van der Waals surface area contributed by atoms with E-state index in [0.29, 0.717) is 17.1 Å². The molecule has 0 aromatic heterocycles. The molecule has 2 nitrogen and oxygen atoms in total. The van der Waals surface area contributed by atoms with Gasteiger partial charge in [-0.05, 0) is 29.7 Å². The van der Waals surface area contributed by atoms with Crippen molar-refractivity contribution in [3.05, 3.63) is 52.5 Å². The minimum Gasteiger partial charge on any atom is -0.397 e. The van der Waals surface area contributed by atoms with Gasteiger partial charge in [0.1, 0.15) is 0 Å². The highest BCUT2D eigenvalue weighted by molar-refractivity contribution is 6.34. The number of fused-ring (bicyclic) bond motifs is 1. The van der Waals surface area contributed by atoms with Crippen molar-refractivity contribution in [3.63, 3.8) is 0 Å². The largest absolute Gasteiger partial charge is 0.397 e. The summed E-state index contributed by atoms with van der Waals surface area (Å²) >= 11 is 6.19. The van der Waals surface area contributed by atoms with Crippen LogP contribution in [0.5, 0.6) is 0 Å². The molecule has 3 heteroatoms. The van der Waals surface area contributed by atoms with Crippen molar-refractivity contribution in [2.24, 2.45) is 0 Å². The molecular weight excluding hydrogens is 246 g/mol. The third kappa shape index (κ3) is 1.53. The zero-order valence-electron chi connectivity index (χ0n) is 10.1. The van der Waals surface area contributed by atoms with E-state index >= 15 is 0 Å². The fourth-order valence-corrected chi connectivity index (χ4v) is 3.04. The molecule has 2 aromatic carbocycles. The summed E-state index contributed by atoms with van der Waals surface area (Å²) in [6.45, 7) is 1.77. The Bertz CT molecular complexity index is 620. The molecule has 3 N–H and O–H groups in total. The number of rotatable bonds is 1. The normalized spacial score (nSPS) is 21.3. The maximum absolute atomic E-state index is 10.2. The summed E-state index contributed by atoms with van der Waals surface area (Å²) in [6.07, 6.45) is 0.618. The zero-order chi connectivity index (χ0) is 12.9. The first-order chi connectivity index (χ1) is 8.50. The Kier molecular flexibility index (Phi) is 2.40. The second kappa shape index (κ2) is 3.74. The van der Waals surface area contributed by atoms with Crippen LogP contribution in [0.2, 0.25) is 5.02 Å². The van der Waals surface area contributed by atoms with Gasteiger partial charge in [0.2, 0.25) is 0 Å². The summed E-state index contributed by atoms with van der Waals surface area (Å²) in [5.41, 5.74) is 9.66. The minimum absolute atomic E-state index is 0.487. The van der Waals surface area contributed by atoms with Gasteiger partial charge in [-0.2, -0.15) is 0 Å². The lowest BCUT2D eigenvalue weighted by Gasteiger charge is -2.39. The van der Waals surface area contributed by atoms with Crippen molar-refractivity contribution < 1.29 is 5.11 Å². The van der Waals surface area contributed by atoms with Gasteiger partial charge in [-0.3, -0.25) is 0 Å². The van der Waals surface area contributed by atoms with Gasteiger partial charge >= 0.3 is 0 Å². The van der Waals surface area contributed by atoms with Crippen LogP contribution in [0.15, 0.2) is 36.4 Å². The molecule has 0 amide bonds. The molecule has 1 aliphatic carbocycles. The van der Waals surface area contributed by atoms with Crippen LogP contribution >= 0.6 is 11.6 Å². The number of benzene rings is 2. The quantitative estimate of drug-likeness (QED) is 0.772. The van der Waals surface area contributed by atoms with E-state index in [4.69, 9.17) is 17.3 Å². The van der Waals surface area contributed by atoms with E-state index in [1.807, 2.05) is 36.4 Å². The lowest BCUT2D eigenvalue weighted by Crippen LogP contribution is -2.36. The second-order valence-electron chi connectivity index (χ2n) is 5.00. The Morgan fingerprint density at radius 2 is 1.94 bits per heavy atom. The number of hydrogen-bond acceptors (Lipinski definition) is 2. The van der Waals surface area contributed by atoms with Gasteiger partial charge in [0, 0.05) is 12.0 Å². The number of hydrogen-bond donors (Lipinski definition) is 2.